The molecule has 1 aromatic carbocycles. The van der Waals surface area contributed by atoms with Gasteiger partial charge in [0.1, 0.15) is 11.6 Å². The Labute approximate surface area is 200 Å². The van der Waals surface area contributed by atoms with Crippen LogP contribution in [0.2, 0.25) is 5.02 Å². The van der Waals surface area contributed by atoms with Crippen LogP contribution < -0.4 is 15.5 Å². The summed E-state index contributed by atoms with van der Waals surface area (Å²) in [4.78, 5) is 40.3. The molecule has 1 saturated carbocycles. The van der Waals surface area contributed by atoms with Crippen molar-refractivity contribution >= 4 is 35.0 Å². The van der Waals surface area contributed by atoms with Gasteiger partial charge >= 0.3 is 0 Å². The molecule has 0 radical (unpaired) electrons. The van der Waals surface area contributed by atoms with Gasteiger partial charge in [0.05, 0.1) is 24.1 Å². The van der Waals surface area contributed by atoms with E-state index in [1.165, 1.54) is 30.7 Å². The summed E-state index contributed by atoms with van der Waals surface area (Å²) in [6.07, 6.45) is 6.42. The van der Waals surface area contributed by atoms with E-state index >= 15 is 0 Å². The second-order valence-electron chi connectivity index (χ2n) is 7.93. The minimum Gasteiger partial charge on any atom is -0.467 e. The number of nitrogens with zero attached hydrogens (tertiary/aromatic N) is 1. The van der Waals surface area contributed by atoms with E-state index in [1.54, 1.807) is 18.2 Å². The molecule has 2 heterocycles. The van der Waals surface area contributed by atoms with Gasteiger partial charge in [0, 0.05) is 11.7 Å². The quantitative estimate of drug-likeness (QED) is 0.495. The van der Waals surface area contributed by atoms with Gasteiger partial charge in [0.15, 0.2) is 11.8 Å². The van der Waals surface area contributed by atoms with Crippen LogP contribution in [0.5, 0.6) is 0 Å². The summed E-state index contributed by atoms with van der Waals surface area (Å²) in [5, 5.41) is 5.25. The fraction of sp³-hybridized carbons (Fsp3) is 0.292. The highest BCUT2D eigenvalue weighted by molar-refractivity contribution is 6.31. The summed E-state index contributed by atoms with van der Waals surface area (Å²) in [6, 6.07) is 8.65. The normalized spacial score (nSPS) is 14.5. The summed E-state index contributed by atoms with van der Waals surface area (Å²) >= 11 is 5.99. The monoisotopic (exact) mass is 487 g/mol. The van der Waals surface area contributed by atoms with Crippen molar-refractivity contribution in [1.82, 2.24) is 10.6 Å². The fourth-order valence-corrected chi connectivity index (χ4v) is 4.15. The summed E-state index contributed by atoms with van der Waals surface area (Å²) in [5.41, 5.74) is 0.173. The molecule has 1 aliphatic rings. The molecule has 2 N–H and O–H groups in total. The van der Waals surface area contributed by atoms with Crippen molar-refractivity contribution in [2.45, 2.75) is 37.8 Å². The van der Waals surface area contributed by atoms with Gasteiger partial charge in [-0.3, -0.25) is 19.3 Å². The second-order valence-corrected chi connectivity index (χ2v) is 8.34. The number of carbonyl (C=O) groups excluding carboxylic acids is 3. The molecule has 8 nitrogen and oxygen atoms in total. The average molecular weight is 488 g/mol. The summed E-state index contributed by atoms with van der Waals surface area (Å²) in [6.45, 7) is -0.456. The van der Waals surface area contributed by atoms with Gasteiger partial charge in [0.25, 0.3) is 11.8 Å². The molecule has 1 fully saturated rings. The Balaban J connectivity index is 1.66. The van der Waals surface area contributed by atoms with Crippen LogP contribution in [-0.4, -0.2) is 30.3 Å². The minimum absolute atomic E-state index is 0.0163. The fourth-order valence-electron chi connectivity index (χ4n) is 3.98. The van der Waals surface area contributed by atoms with Gasteiger partial charge in [-0.1, -0.05) is 24.4 Å². The number of hydrogen-bond acceptors (Lipinski definition) is 5. The molecule has 4 rings (SSSR count). The van der Waals surface area contributed by atoms with Crippen LogP contribution in [0, 0.1) is 5.82 Å². The number of hydrogen-bond donors (Lipinski definition) is 2. The molecule has 1 aliphatic carbocycles. The maximum absolute atomic E-state index is 13.9. The van der Waals surface area contributed by atoms with Crippen molar-refractivity contribution in [1.29, 1.82) is 0 Å². The van der Waals surface area contributed by atoms with Crippen LogP contribution >= 0.6 is 11.6 Å². The van der Waals surface area contributed by atoms with E-state index in [0.29, 0.717) is 0 Å². The number of halogens is 2. The van der Waals surface area contributed by atoms with E-state index in [9.17, 15) is 18.8 Å². The summed E-state index contributed by atoms with van der Waals surface area (Å²) in [7, 11) is 0. The zero-order valence-corrected chi connectivity index (χ0v) is 18.9. The molecule has 0 unspecified atom stereocenters. The highest BCUT2D eigenvalue weighted by Gasteiger charge is 2.36. The van der Waals surface area contributed by atoms with Crippen LogP contribution in [-0.2, 0) is 9.59 Å². The first-order valence-corrected chi connectivity index (χ1v) is 11.2. The lowest BCUT2D eigenvalue weighted by Crippen LogP contribution is -2.49. The highest BCUT2D eigenvalue weighted by Crippen LogP contribution is 2.32. The molecule has 178 valence electrons. The third-order valence-electron chi connectivity index (χ3n) is 5.62. The van der Waals surface area contributed by atoms with Crippen molar-refractivity contribution in [2.75, 3.05) is 11.4 Å². The van der Waals surface area contributed by atoms with Crippen LogP contribution in [0.15, 0.2) is 63.8 Å². The molecule has 0 spiro atoms. The highest BCUT2D eigenvalue weighted by atomic mass is 35.5. The van der Waals surface area contributed by atoms with Gasteiger partial charge < -0.3 is 19.5 Å². The first kappa shape index (κ1) is 23.6. The van der Waals surface area contributed by atoms with Crippen LogP contribution in [0.1, 0.15) is 48.0 Å². The average Bonchev–Trinajstić information content (AvgIpc) is 3.61. The Hall–Kier alpha value is -3.59. The Morgan fingerprint density at radius 1 is 1.09 bits per heavy atom. The molecule has 2 aromatic heterocycles. The van der Waals surface area contributed by atoms with E-state index in [2.05, 4.69) is 10.6 Å². The van der Waals surface area contributed by atoms with E-state index in [4.69, 9.17) is 20.4 Å². The van der Waals surface area contributed by atoms with E-state index < -0.39 is 36.1 Å². The number of carbonyl (C=O) groups is 3. The third-order valence-corrected chi connectivity index (χ3v) is 5.91. The molecule has 3 aromatic rings. The summed E-state index contributed by atoms with van der Waals surface area (Å²) < 4.78 is 24.4. The predicted molar refractivity (Wildman–Crippen MR) is 122 cm³/mol. The summed E-state index contributed by atoms with van der Waals surface area (Å²) in [5.74, 6) is -2.11. The van der Waals surface area contributed by atoms with Crippen LogP contribution in [0.3, 0.4) is 0 Å². The van der Waals surface area contributed by atoms with Crippen LogP contribution in [0.25, 0.3) is 0 Å². The number of rotatable bonds is 8. The lowest BCUT2D eigenvalue weighted by atomic mass is 10.1. The van der Waals surface area contributed by atoms with Crippen LogP contribution in [0.4, 0.5) is 10.1 Å². The number of furan rings is 2. The Morgan fingerprint density at radius 3 is 2.47 bits per heavy atom. The molecule has 1 atom stereocenters. The molecular formula is C24H23ClFN3O5. The van der Waals surface area contributed by atoms with Gasteiger partial charge in [-0.2, -0.15) is 0 Å². The van der Waals surface area contributed by atoms with Gasteiger partial charge in [-0.05, 0) is 55.3 Å². The number of amides is 3. The Kier molecular flexibility index (Phi) is 7.32. The lowest BCUT2D eigenvalue weighted by molar-refractivity contribution is -0.127. The Bertz CT molecular complexity index is 1140. The zero-order chi connectivity index (χ0) is 24.1. The molecule has 0 bridgehead atoms. The van der Waals surface area contributed by atoms with Crippen molar-refractivity contribution in [3.05, 3.63) is 77.4 Å². The number of anilines is 1. The third kappa shape index (κ3) is 5.31. The zero-order valence-electron chi connectivity index (χ0n) is 18.1. The maximum atomic E-state index is 13.9. The molecule has 0 aliphatic heterocycles. The maximum Gasteiger partial charge on any atom is 0.287 e. The topological polar surface area (TPSA) is 105 Å². The number of benzene rings is 1. The van der Waals surface area contributed by atoms with Gasteiger partial charge in [0.2, 0.25) is 5.91 Å². The Morgan fingerprint density at radius 2 is 1.82 bits per heavy atom. The minimum atomic E-state index is -1.20. The second kappa shape index (κ2) is 10.6. The molecule has 34 heavy (non-hydrogen) atoms. The molecule has 10 heteroatoms. The standard InChI is InChI=1S/C24H23ClFN3O5/c25-17-13-16(9-10-18(17)26)29(21(30)14-27-23(31)20-8-4-12-34-20)22(19-7-3-11-33-19)24(32)28-15-5-1-2-6-15/h3-4,7-13,15,22H,1-2,5-6,14H2,(H,27,31)(H,28,32)/t22-/m0/s1. The molecule has 3 amide bonds. The van der Waals surface area contributed by atoms with Crippen molar-refractivity contribution in [2.24, 2.45) is 0 Å². The first-order chi connectivity index (χ1) is 16.4. The largest absolute Gasteiger partial charge is 0.467 e. The van der Waals surface area contributed by atoms with E-state index in [1.807, 2.05) is 0 Å². The van der Waals surface area contributed by atoms with Gasteiger partial charge in [-0.15, -0.1) is 0 Å². The van der Waals surface area contributed by atoms with Crippen molar-refractivity contribution < 1.29 is 27.6 Å². The predicted octanol–water partition coefficient (Wildman–Crippen LogP) is 4.23. The first-order valence-electron chi connectivity index (χ1n) is 10.9. The SMILES string of the molecule is O=C(NCC(=O)N(c1ccc(F)c(Cl)c1)[C@H](C(=O)NC1CCCC1)c1ccco1)c1ccco1. The smallest absolute Gasteiger partial charge is 0.287 e. The van der Waals surface area contributed by atoms with E-state index in [-0.39, 0.29) is 28.3 Å². The van der Waals surface area contributed by atoms with Crippen molar-refractivity contribution in [3.63, 3.8) is 0 Å². The van der Waals surface area contributed by atoms with Gasteiger partial charge in [-0.25, -0.2) is 4.39 Å². The molecular weight excluding hydrogens is 465 g/mol. The van der Waals surface area contributed by atoms with E-state index in [0.717, 1.165) is 36.6 Å². The van der Waals surface area contributed by atoms with Crippen molar-refractivity contribution in [3.8, 4) is 0 Å². The molecule has 0 saturated heterocycles. The number of nitrogens with one attached hydrogen (secondary N) is 2. The lowest BCUT2D eigenvalue weighted by Gasteiger charge is -2.31.